The SMILES string of the molecule is Cc1cc(C=Nc2ccc(Nc3ccccc3)cc2)c(C)n1-c1ccc(Br)cc1. The first kappa shape index (κ1) is 19.2. The molecule has 0 atom stereocenters. The van der Waals surface area contributed by atoms with Crippen LogP contribution in [0.4, 0.5) is 17.1 Å². The molecule has 0 saturated heterocycles. The Morgan fingerprint density at radius 2 is 1.48 bits per heavy atom. The van der Waals surface area contributed by atoms with Crippen molar-refractivity contribution >= 4 is 39.2 Å². The number of aryl methyl sites for hydroxylation is 1. The van der Waals surface area contributed by atoms with E-state index in [2.05, 4.69) is 75.0 Å². The molecule has 0 amide bonds. The second kappa shape index (κ2) is 8.50. The van der Waals surface area contributed by atoms with E-state index in [1.165, 1.54) is 11.4 Å². The van der Waals surface area contributed by atoms with Gasteiger partial charge in [0.25, 0.3) is 0 Å². The molecular weight excluding hydrogens is 422 g/mol. The van der Waals surface area contributed by atoms with Crippen LogP contribution in [0.1, 0.15) is 17.0 Å². The van der Waals surface area contributed by atoms with Crippen molar-refractivity contribution in [2.45, 2.75) is 13.8 Å². The van der Waals surface area contributed by atoms with E-state index < -0.39 is 0 Å². The molecule has 0 aliphatic heterocycles. The summed E-state index contributed by atoms with van der Waals surface area (Å²) in [6.45, 7) is 4.25. The molecule has 1 N–H and O–H groups in total. The molecule has 4 aromatic rings. The molecule has 1 heterocycles. The normalized spacial score (nSPS) is 11.1. The maximum atomic E-state index is 4.67. The molecule has 29 heavy (non-hydrogen) atoms. The molecule has 0 unspecified atom stereocenters. The van der Waals surface area contributed by atoms with Crippen LogP contribution in [0.3, 0.4) is 0 Å². The number of hydrogen-bond donors (Lipinski definition) is 1. The number of aromatic nitrogens is 1. The molecular formula is C25H22BrN3. The Bertz CT molecular complexity index is 1130. The lowest BCUT2D eigenvalue weighted by molar-refractivity contribution is 0.964. The summed E-state index contributed by atoms with van der Waals surface area (Å²) >= 11 is 3.50. The zero-order valence-corrected chi connectivity index (χ0v) is 18.0. The average Bonchev–Trinajstić information content (AvgIpc) is 3.02. The minimum Gasteiger partial charge on any atom is -0.356 e. The average molecular weight is 444 g/mol. The quantitative estimate of drug-likeness (QED) is 0.321. The molecule has 4 rings (SSSR count). The summed E-state index contributed by atoms with van der Waals surface area (Å²) in [4.78, 5) is 4.67. The first-order valence-electron chi connectivity index (χ1n) is 9.51. The minimum atomic E-state index is 0.928. The lowest BCUT2D eigenvalue weighted by Crippen LogP contribution is -1.99. The second-order valence-electron chi connectivity index (χ2n) is 6.93. The largest absolute Gasteiger partial charge is 0.356 e. The fraction of sp³-hybridized carbons (Fsp3) is 0.0800. The molecule has 0 fully saturated rings. The van der Waals surface area contributed by atoms with Gasteiger partial charge in [0.05, 0.1) is 5.69 Å². The van der Waals surface area contributed by atoms with Gasteiger partial charge in [-0.05, 0) is 80.6 Å². The van der Waals surface area contributed by atoms with E-state index in [1.807, 2.05) is 60.8 Å². The van der Waals surface area contributed by atoms with Crippen LogP contribution in [-0.4, -0.2) is 10.8 Å². The molecule has 3 aromatic carbocycles. The van der Waals surface area contributed by atoms with E-state index in [0.717, 1.165) is 32.8 Å². The van der Waals surface area contributed by atoms with E-state index in [9.17, 15) is 0 Å². The molecule has 3 nitrogen and oxygen atoms in total. The predicted molar refractivity (Wildman–Crippen MR) is 126 cm³/mol. The fourth-order valence-electron chi connectivity index (χ4n) is 3.37. The van der Waals surface area contributed by atoms with Crippen LogP contribution in [0.25, 0.3) is 5.69 Å². The smallest absolute Gasteiger partial charge is 0.0631 e. The molecule has 0 spiro atoms. The van der Waals surface area contributed by atoms with Gasteiger partial charge in [-0.25, -0.2) is 0 Å². The van der Waals surface area contributed by atoms with E-state index in [0.29, 0.717) is 0 Å². The minimum absolute atomic E-state index is 0.928. The van der Waals surface area contributed by atoms with Gasteiger partial charge in [-0.2, -0.15) is 0 Å². The molecule has 0 radical (unpaired) electrons. The van der Waals surface area contributed by atoms with Crippen LogP contribution in [0.5, 0.6) is 0 Å². The number of benzene rings is 3. The third-order valence-electron chi connectivity index (χ3n) is 4.84. The van der Waals surface area contributed by atoms with Gasteiger partial charge in [0.1, 0.15) is 0 Å². The molecule has 0 aliphatic rings. The summed E-state index contributed by atoms with van der Waals surface area (Å²) in [5, 5.41) is 3.39. The maximum Gasteiger partial charge on any atom is 0.0631 e. The number of rotatable bonds is 5. The Kier molecular flexibility index (Phi) is 5.63. The second-order valence-corrected chi connectivity index (χ2v) is 7.85. The zero-order chi connectivity index (χ0) is 20.2. The molecule has 4 heteroatoms. The number of hydrogen-bond acceptors (Lipinski definition) is 2. The van der Waals surface area contributed by atoms with Crippen molar-refractivity contribution in [2.24, 2.45) is 4.99 Å². The number of aliphatic imine (C=N–C) groups is 1. The zero-order valence-electron chi connectivity index (χ0n) is 16.4. The highest BCUT2D eigenvalue weighted by molar-refractivity contribution is 9.10. The standard InChI is InChI=1S/C25H22BrN3/c1-18-16-20(19(2)29(18)25-14-8-21(26)9-15-25)17-27-22-10-12-24(13-11-22)28-23-6-4-3-5-7-23/h3-17,28H,1-2H3. The molecule has 144 valence electrons. The van der Waals surface area contributed by atoms with E-state index in [1.54, 1.807) is 0 Å². The highest BCUT2D eigenvalue weighted by Crippen LogP contribution is 2.23. The lowest BCUT2D eigenvalue weighted by atomic mass is 10.2. The highest BCUT2D eigenvalue weighted by Gasteiger charge is 2.09. The third-order valence-corrected chi connectivity index (χ3v) is 5.37. The summed E-state index contributed by atoms with van der Waals surface area (Å²) in [7, 11) is 0. The number of nitrogens with zero attached hydrogens (tertiary/aromatic N) is 2. The Morgan fingerprint density at radius 1 is 0.828 bits per heavy atom. The van der Waals surface area contributed by atoms with Crippen LogP contribution in [0, 0.1) is 13.8 Å². The van der Waals surface area contributed by atoms with Gasteiger partial charge in [-0.15, -0.1) is 0 Å². The Hall–Kier alpha value is -3.11. The first-order valence-corrected chi connectivity index (χ1v) is 10.3. The summed E-state index contributed by atoms with van der Waals surface area (Å²) in [6.07, 6.45) is 1.94. The maximum absolute atomic E-state index is 4.67. The highest BCUT2D eigenvalue weighted by atomic mass is 79.9. The summed E-state index contributed by atoms with van der Waals surface area (Å²) in [5.74, 6) is 0. The summed E-state index contributed by atoms with van der Waals surface area (Å²) < 4.78 is 3.33. The van der Waals surface area contributed by atoms with Crippen molar-refractivity contribution in [2.75, 3.05) is 5.32 Å². The molecule has 0 saturated carbocycles. The van der Waals surface area contributed by atoms with Crippen molar-refractivity contribution < 1.29 is 0 Å². The fourth-order valence-corrected chi connectivity index (χ4v) is 3.63. The van der Waals surface area contributed by atoms with Crippen molar-refractivity contribution in [1.29, 1.82) is 0 Å². The van der Waals surface area contributed by atoms with Gasteiger partial charge >= 0.3 is 0 Å². The van der Waals surface area contributed by atoms with Crippen LogP contribution in [-0.2, 0) is 0 Å². The Balaban J connectivity index is 1.52. The molecule has 0 bridgehead atoms. The number of anilines is 2. The number of nitrogens with one attached hydrogen (secondary N) is 1. The van der Waals surface area contributed by atoms with Gasteiger partial charge in [-0.1, -0.05) is 34.1 Å². The predicted octanol–water partition coefficient (Wildman–Crippen LogP) is 7.35. The van der Waals surface area contributed by atoms with E-state index in [4.69, 9.17) is 0 Å². The monoisotopic (exact) mass is 443 g/mol. The summed E-state index contributed by atoms with van der Waals surface area (Å²) in [6, 6.07) is 28.8. The third kappa shape index (κ3) is 4.49. The first-order chi connectivity index (χ1) is 14.1. The lowest BCUT2D eigenvalue weighted by Gasteiger charge is -2.09. The van der Waals surface area contributed by atoms with Crippen LogP contribution in [0.15, 0.2) is 94.4 Å². The van der Waals surface area contributed by atoms with Crippen molar-refractivity contribution in [3.05, 3.63) is 106 Å². The van der Waals surface area contributed by atoms with Crippen LogP contribution < -0.4 is 5.32 Å². The Labute approximate surface area is 179 Å². The van der Waals surface area contributed by atoms with Crippen molar-refractivity contribution in [3.8, 4) is 5.69 Å². The van der Waals surface area contributed by atoms with Crippen molar-refractivity contribution in [3.63, 3.8) is 0 Å². The van der Waals surface area contributed by atoms with Gasteiger partial charge in [-0.3, -0.25) is 4.99 Å². The van der Waals surface area contributed by atoms with Crippen molar-refractivity contribution in [1.82, 2.24) is 4.57 Å². The van der Waals surface area contributed by atoms with Gasteiger partial charge in [0.15, 0.2) is 0 Å². The number of halogens is 1. The van der Waals surface area contributed by atoms with Crippen LogP contribution in [0.2, 0.25) is 0 Å². The number of para-hydroxylation sites is 1. The van der Waals surface area contributed by atoms with E-state index >= 15 is 0 Å². The van der Waals surface area contributed by atoms with E-state index in [-0.39, 0.29) is 0 Å². The summed E-state index contributed by atoms with van der Waals surface area (Å²) in [5.41, 5.74) is 7.69. The molecule has 0 aliphatic carbocycles. The Morgan fingerprint density at radius 3 is 2.17 bits per heavy atom. The van der Waals surface area contributed by atoms with Gasteiger partial charge < -0.3 is 9.88 Å². The molecule has 1 aromatic heterocycles. The van der Waals surface area contributed by atoms with Gasteiger partial charge in [0, 0.05) is 44.7 Å². The topological polar surface area (TPSA) is 29.3 Å². The van der Waals surface area contributed by atoms with Gasteiger partial charge in [0.2, 0.25) is 0 Å². The van der Waals surface area contributed by atoms with Crippen LogP contribution >= 0.6 is 15.9 Å².